The van der Waals surface area contributed by atoms with Crippen molar-refractivity contribution in [2.24, 2.45) is 22.7 Å². The molecule has 128 valence electrons. The van der Waals surface area contributed by atoms with Crippen molar-refractivity contribution in [1.82, 2.24) is 0 Å². The van der Waals surface area contributed by atoms with E-state index in [9.17, 15) is 0 Å². The van der Waals surface area contributed by atoms with Gasteiger partial charge in [0.2, 0.25) is 0 Å². The van der Waals surface area contributed by atoms with E-state index in [1.54, 1.807) is 5.57 Å². The summed E-state index contributed by atoms with van der Waals surface area (Å²) in [4.78, 5) is 0. The van der Waals surface area contributed by atoms with E-state index < -0.39 is 0 Å². The van der Waals surface area contributed by atoms with Crippen LogP contribution < -0.4 is 0 Å². The highest BCUT2D eigenvalue weighted by Gasteiger charge is 2.52. The zero-order valence-corrected chi connectivity index (χ0v) is 16.1. The Balaban J connectivity index is 1.97. The van der Waals surface area contributed by atoms with Gasteiger partial charge in [0.05, 0.1) is 0 Å². The maximum Gasteiger partial charge on any atom is -0.00769 e. The van der Waals surface area contributed by atoms with Crippen molar-refractivity contribution in [2.75, 3.05) is 0 Å². The number of allylic oxidation sites excluding steroid dienone is 5. The lowest BCUT2D eigenvalue weighted by Crippen LogP contribution is -2.47. The SMILES string of the molecule is C=C(C)C1=CC2=C(CC1)C1(C)CCCC(C)(CC(C)C)C1CC2. The van der Waals surface area contributed by atoms with Gasteiger partial charge in [0.25, 0.3) is 0 Å². The number of hydrogen-bond donors (Lipinski definition) is 0. The Morgan fingerprint density at radius 1 is 1.22 bits per heavy atom. The molecule has 3 atom stereocenters. The average Bonchev–Trinajstić information content (AvgIpc) is 2.45. The molecule has 0 aromatic heterocycles. The minimum atomic E-state index is 0.465. The summed E-state index contributed by atoms with van der Waals surface area (Å²) in [5.41, 5.74) is 7.31. The van der Waals surface area contributed by atoms with Crippen molar-refractivity contribution in [3.8, 4) is 0 Å². The molecule has 1 saturated carbocycles. The van der Waals surface area contributed by atoms with Crippen LogP contribution in [0.4, 0.5) is 0 Å². The molecule has 0 nitrogen and oxygen atoms in total. The first-order chi connectivity index (χ1) is 10.8. The van der Waals surface area contributed by atoms with E-state index in [4.69, 9.17) is 0 Å². The van der Waals surface area contributed by atoms with Crippen LogP contribution in [0.15, 0.2) is 34.9 Å². The van der Waals surface area contributed by atoms with Gasteiger partial charge >= 0.3 is 0 Å². The summed E-state index contributed by atoms with van der Waals surface area (Å²) in [5.74, 6) is 1.71. The third kappa shape index (κ3) is 2.87. The maximum atomic E-state index is 4.18. The Labute approximate surface area is 144 Å². The van der Waals surface area contributed by atoms with E-state index >= 15 is 0 Å². The molecule has 3 aliphatic carbocycles. The molecule has 0 N–H and O–H groups in total. The monoisotopic (exact) mass is 312 g/mol. The topological polar surface area (TPSA) is 0 Å². The minimum absolute atomic E-state index is 0.465. The van der Waals surface area contributed by atoms with Gasteiger partial charge in [0, 0.05) is 0 Å². The normalized spacial score (nSPS) is 37.3. The zero-order valence-electron chi connectivity index (χ0n) is 16.1. The maximum absolute atomic E-state index is 4.18. The van der Waals surface area contributed by atoms with Crippen LogP contribution in [0, 0.1) is 22.7 Å². The van der Waals surface area contributed by atoms with Gasteiger partial charge < -0.3 is 0 Å². The Morgan fingerprint density at radius 2 is 1.96 bits per heavy atom. The zero-order chi connectivity index (χ0) is 16.8. The van der Waals surface area contributed by atoms with Crippen molar-refractivity contribution in [3.05, 3.63) is 34.9 Å². The van der Waals surface area contributed by atoms with E-state index in [0.29, 0.717) is 10.8 Å². The largest absolute Gasteiger partial charge is 0.0958 e. The summed E-state index contributed by atoms with van der Waals surface area (Å²) >= 11 is 0. The molecule has 3 unspecified atom stereocenters. The summed E-state index contributed by atoms with van der Waals surface area (Å²) in [6.45, 7) is 16.4. The van der Waals surface area contributed by atoms with Gasteiger partial charge in [-0.25, -0.2) is 0 Å². The van der Waals surface area contributed by atoms with Crippen molar-refractivity contribution in [2.45, 2.75) is 86.0 Å². The first kappa shape index (κ1) is 17.1. The average molecular weight is 313 g/mol. The van der Waals surface area contributed by atoms with Gasteiger partial charge in [-0.15, -0.1) is 0 Å². The molecule has 23 heavy (non-hydrogen) atoms. The molecule has 0 aliphatic heterocycles. The molecule has 0 heterocycles. The molecular formula is C23H36. The van der Waals surface area contributed by atoms with E-state index in [1.165, 1.54) is 62.5 Å². The first-order valence-corrected chi connectivity index (χ1v) is 9.85. The predicted octanol–water partition coefficient (Wildman–Crippen LogP) is 7.23. The molecule has 1 fully saturated rings. The second kappa shape index (κ2) is 5.94. The molecule has 0 aromatic rings. The van der Waals surface area contributed by atoms with Gasteiger partial charge in [0.15, 0.2) is 0 Å². The summed E-state index contributed by atoms with van der Waals surface area (Å²) in [5, 5.41) is 0. The molecule has 0 amide bonds. The molecule has 0 aromatic carbocycles. The summed E-state index contributed by atoms with van der Waals surface area (Å²) in [7, 11) is 0. The highest BCUT2D eigenvalue weighted by molar-refractivity contribution is 5.45. The fourth-order valence-corrected chi connectivity index (χ4v) is 6.48. The van der Waals surface area contributed by atoms with Crippen LogP contribution in [0.3, 0.4) is 0 Å². The van der Waals surface area contributed by atoms with E-state index in [2.05, 4.69) is 47.3 Å². The van der Waals surface area contributed by atoms with Crippen LogP contribution in [0.2, 0.25) is 0 Å². The second-order valence-corrected chi connectivity index (χ2v) is 9.57. The van der Waals surface area contributed by atoms with Crippen LogP contribution in [-0.2, 0) is 0 Å². The lowest BCUT2D eigenvalue weighted by atomic mass is 9.47. The third-order valence-electron chi connectivity index (χ3n) is 7.25. The Hall–Kier alpha value is -0.780. The van der Waals surface area contributed by atoms with Gasteiger partial charge in [-0.1, -0.05) is 57.9 Å². The van der Waals surface area contributed by atoms with Crippen molar-refractivity contribution in [3.63, 3.8) is 0 Å². The van der Waals surface area contributed by atoms with Gasteiger partial charge in [-0.3, -0.25) is 0 Å². The van der Waals surface area contributed by atoms with E-state index in [0.717, 1.165) is 11.8 Å². The van der Waals surface area contributed by atoms with Gasteiger partial charge in [-0.2, -0.15) is 0 Å². The molecule has 0 spiro atoms. The Kier molecular flexibility index (Phi) is 4.40. The molecule has 0 bridgehead atoms. The minimum Gasteiger partial charge on any atom is -0.0958 e. The third-order valence-corrected chi connectivity index (χ3v) is 7.25. The lowest BCUT2D eigenvalue weighted by Gasteiger charge is -2.57. The smallest absolute Gasteiger partial charge is 0.00769 e. The summed E-state index contributed by atoms with van der Waals surface area (Å²) < 4.78 is 0. The quantitative estimate of drug-likeness (QED) is 0.515. The second-order valence-electron chi connectivity index (χ2n) is 9.57. The molecular weight excluding hydrogens is 276 g/mol. The lowest BCUT2D eigenvalue weighted by molar-refractivity contribution is -0.0161. The van der Waals surface area contributed by atoms with E-state index in [1.807, 2.05) is 5.57 Å². The Bertz CT molecular complexity index is 559. The van der Waals surface area contributed by atoms with Crippen LogP contribution >= 0.6 is 0 Å². The van der Waals surface area contributed by atoms with Crippen LogP contribution in [0.25, 0.3) is 0 Å². The van der Waals surface area contributed by atoms with E-state index in [-0.39, 0.29) is 0 Å². The number of fused-ring (bicyclic) bond motifs is 2. The summed E-state index contributed by atoms with van der Waals surface area (Å²) in [6, 6.07) is 0. The standard InChI is InChI=1S/C23H36/c1-16(2)15-22(5)12-7-13-23(6)20-10-8-18(17(3)4)14-19(20)9-11-21(22)23/h14,16,21H,3,7-13,15H2,1-2,4-6H3. The summed E-state index contributed by atoms with van der Waals surface area (Å²) in [6.07, 6.45) is 13.4. The number of rotatable bonds is 3. The molecule has 0 heteroatoms. The van der Waals surface area contributed by atoms with Crippen molar-refractivity contribution < 1.29 is 0 Å². The Morgan fingerprint density at radius 3 is 2.61 bits per heavy atom. The highest BCUT2D eigenvalue weighted by atomic mass is 14.6. The highest BCUT2D eigenvalue weighted by Crippen LogP contribution is 2.62. The van der Waals surface area contributed by atoms with Crippen LogP contribution in [0.1, 0.15) is 86.0 Å². The van der Waals surface area contributed by atoms with Crippen LogP contribution in [0.5, 0.6) is 0 Å². The fraction of sp³-hybridized carbons (Fsp3) is 0.739. The fourth-order valence-electron chi connectivity index (χ4n) is 6.48. The van der Waals surface area contributed by atoms with Gasteiger partial charge in [0.1, 0.15) is 0 Å². The molecule has 0 radical (unpaired) electrons. The predicted molar refractivity (Wildman–Crippen MR) is 101 cm³/mol. The van der Waals surface area contributed by atoms with Crippen molar-refractivity contribution in [1.29, 1.82) is 0 Å². The molecule has 3 aliphatic rings. The van der Waals surface area contributed by atoms with Crippen LogP contribution in [-0.4, -0.2) is 0 Å². The first-order valence-electron chi connectivity index (χ1n) is 9.85. The van der Waals surface area contributed by atoms with Gasteiger partial charge in [-0.05, 0) is 85.7 Å². The van der Waals surface area contributed by atoms with Crippen molar-refractivity contribution >= 4 is 0 Å². The molecule has 0 saturated heterocycles. The number of hydrogen-bond acceptors (Lipinski definition) is 0. The molecule has 3 rings (SSSR count).